The predicted molar refractivity (Wildman–Crippen MR) is 77.1 cm³/mol. The lowest BCUT2D eigenvalue weighted by Crippen LogP contribution is -2.16. The minimum Gasteiger partial charge on any atom is -0.300 e. The van der Waals surface area contributed by atoms with Crippen LogP contribution in [0.3, 0.4) is 0 Å². The minimum atomic E-state index is 0.430. The van der Waals surface area contributed by atoms with E-state index in [1.54, 1.807) is 0 Å². The maximum atomic E-state index is 11.5. The number of carbonyl (C=O) groups excluding carboxylic acids is 1. The summed E-state index contributed by atoms with van der Waals surface area (Å²) in [6.45, 7) is 0. The molecule has 1 aliphatic rings. The fraction of sp³-hybridized carbons (Fsp3) is 0.312. The van der Waals surface area contributed by atoms with Gasteiger partial charge in [0, 0.05) is 23.0 Å². The van der Waals surface area contributed by atoms with Gasteiger partial charge in [0.2, 0.25) is 0 Å². The van der Waals surface area contributed by atoms with E-state index < -0.39 is 0 Å². The molecule has 3 rings (SSSR count). The smallest absolute Gasteiger partial charge is 0.134 e. The zero-order valence-electron chi connectivity index (χ0n) is 10.3. The van der Waals surface area contributed by atoms with Crippen molar-refractivity contribution in [2.45, 2.75) is 35.8 Å². The molecule has 1 atom stereocenters. The number of Topliss-reactive ketones (excluding diaryl/α,β-unsaturated/α-hetero) is 1. The molecule has 1 saturated carbocycles. The first-order valence-electron chi connectivity index (χ1n) is 6.48. The molecule has 92 valence electrons. The van der Waals surface area contributed by atoms with Crippen LogP contribution in [-0.4, -0.2) is 11.0 Å². The lowest BCUT2D eigenvalue weighted by atomic mass is 9.99. The van der Waals surface area contributed by atoms with E-state index in [0.29, 0.717) is 11.0 Å². The topological polar surface area (TPSA) is 17.1 Å². The molecule has 0 aliphatic heterocycles. The molecule has 1 nitrogen and oxygen atoms in total. The monoisotopic (exact) mass is 256 g/mol. The Hall–Kier alpha value is -1.28. The zero-order chi connectivity index (χ0) is 12.4. The summed E-state index contributed by atoms with van der Waals surface area (Å²) in [4.78, 5) is 12.7. The summed E-state index contributed by atoms with van der Waals surface area (Å²) in [5, 5.41) is 3.04. The molecule has 18 heavy (non-hydrogen) atoms. The summed E-state index contributed by atoms with van der Waals surface area (Å²) < 4.78 is 0. The van der Waals surface area contributed by atoms with Gasteiger partial charge < -0.3 is 0 Å². The molecule has 0 unspecified atom stereocenters. The van der Waals surface area contributed by atoms with Crippen LogP contribution in [-0.2, 0) is 4.79 Å². The molecule has 1 aliphatic carbocycles. The number of carbonyl (C=O) groups is 1. The Morgan fingerprint density at radius 1 is 1.06 bits per heavy atom. The van der Waals surface area contributed by atoms with Crippen molar-refractivity contribution >= 4 is 28.3 Å². The molecule has 2 aromatic rings. The Labute approximate surface area is 112 Å². The molecule has 2 aromatic carbocycles. The zero-order valence-corrected chi connectivity index (χ0v) is 11.1. The van der Waals surface area contributed by atoms with Gasteiger partial charge in [-0.3, -0.25) is 4.79 Å². The number of hydrogen-bond acceptors (Lipinski definition) is 2. The Bertz CT molecular complexity index is 576. The van der Waals surface area contributed by atoms with Crippen LogP contribution in [0.4, 0.5) is 0 Å². The standard InChI is InChI=1S/C16H16OS/c17-14-6-3-7-15(11-14)18-16-9-8-12-4-1-2-5-13(12)10-16/h1-2,4-5,8-10,15H,3,6-7,11H2/t15-/m1/s1. The van der Waals surface area contributed by atoms with Gasteiger partial charge in [-0.2, -0.15) is 0 Å². The van der Waals surface area contributed by atoms with Crippen LogP contribution in [0, 0.1) is 0 Å². The van der Waals surface area contributed by atoms with Crippen molar-refractivity contribution in [3.63, 3.8) is 0 Å². The number of rotatable bonds is 2. The van der Waals surface area contributed by atoms with Crippen molar-refractivity contribution in [2.24, 2.45) is 0 Å². The second-order valence-electron chi connectivity index (χ2n) is 4.88. The van der Waals surface area contributed by atoms with Crippen LogP contribution < -0.4 is 0 Å². The lowest BCUT2D eigenvalue weighted by molar-refractivity contribution is -0.120. The van der Waals surface area contributed by atoms with Gasteiger partial charge in [-0.1, -0.05) is 30.3 Å². The Morgan fingerprint density at radius 3 is 2.72 bits per heavy atom. The third-order valence-corrected chi connectivity index (χ3v) is 4.72. The van der Waals surface area contributed by atoms with Crippen LogP contribution in [0.2, 0.25) is 0 Å². The van der Waals surface area contributed by atoms with Crippen molar-refractivity contribution in [3.8, 4) is 0 Å². The first-order valence-corrected chi connectivity index (χ1v) is 7.36. The van der Waals surface area contributed by atoms with E-state index in [9.17, 15) is 4.79 Å². The van der Waals surface area contributed by atoms with E-state index in [0.717, 1.165) is 19.3 Å². The van der Waals surface area contributed by atoms with Gasteiger partial charge in [-0.05, 0) is 35.7 Å². The average Bonchev–Trinajstić information content (AvgIpc) is 2.39. The highest BCUT2D eigenvalue weighted by Gasteiger charge is 2.20. The van der Waals surface area contributed by atoms with E-state index in [2.05, 4.69) is 42.5 Å². The number of thioether (sulfide) groups is 1. The third kappa shape index (κ3) is 2.59. The van der Waals surface area contributed by atoms with Gasteiger partial charge in [-0.25, -0.2) is 0 Å². The summed E-state index contributed by atoms with van der Waals surface area (Å²) in [6.07, 6.45) is 3.76. The highest BCUT2D eigenvalue weighted by atomic mass is 32.2. The van der Waals surface area contributed by atoms with Gasteiger partial charge in [-0.15, -0.1) is 11.8 Å². The summed E-state index contributed by atoms with van der Waals surface area (Å²) in [6, 6.07) is 15.0. The van der Waals surface area contributed by atoms with Crippen molar-refractivity contribution in [1.82, 2.24) is 0 Å². The highest BCUT2D eigenvalue weighted by molar-refractivity contribution is 8.00. The maximum absolute atomic E-state index is 11.5. The van der Waals surface area contributed by atoms with E-state index in [1.165, 1.54) is 22.1 Å². The SMILES string of the molecule is O=C1CCC[C@@H](Sc2ccc3ccccc3c2)C1. The van der Waals surface area contributed by atoms with Gasteiger partial charge in [0.1, 0.15) is 5.78 Å². The third-order valence-electron chi connectivity index (χ3n) is 3.46. The van der Waals surface area contributed by atoms with Gasteiger partial charge in [0.05, 0.1) is 0 Å². The van der Waals surface area contributed by atoms with Crippen molar-refractivity contribution < 1.29 is 4.79 Å². The van der Waals surface area contributed by atoms with Crippen LogP contribution in [0.5, 0.6) is 0 Å². The summed E-state index contributed by atoms with van der Waals surface area (Å²) >= 11 is 1.86. The van der Waals surface area contributed by atoms with Crippen LogP contribution in [0.1, 0.15) is 25.7 Å². The van der Waals surface area contributed by atoms with E-state index >= 15 is 0 Å². The van der Waals surface area contributed by atoms with Crippen molar-refractivity contribution in [2.75, 3.05) is 0 Å². The molecule has 0 amide bonds. The molecule has 0 aromatic heterocycles. The lowest BCUT2D eigenvalue weighted by Gasteiger charge is -2.20. The molecule has 0 N–H and O–H groups in total. The van der Waals surface area contributed by atoms with Gasteiger partial charge >= 0.3 is 0 Å². The largest absolute Gasteiger partial charge is 0.300 e. The molecule has 0 spiro atoms. The second-order valence-corrected chi connectivity index (χ2v) is 6.26. The molecule has 0 radical (unpaired) electrons. The van der Waals surface area contributed by atoms with E-state index in [-0.39, 0.29) is 0 Å². The first-order chi connectivity index (χ1) is 8.81. The van der Waals surface area contributed by atoms with Gasteiger partial charge in [0.25, 0.3) is 0 Å². The van der Waals surface area contributed by atoms with E-state index in [1.807, 2.05) is 11.8 Å². The Kier molecular flexibility index (Phi) is 3.37. The summed E-state index contributed by atoms with van der Waals surface area (Å²) in [5.74, 6) is 0.430. The molecule has 0 saturated heterocycles. The number of fused-ring (bicyclic) bond motifs is 1. The van der Waals surface area contributed by atoms with Crippen LogP contribution in [0.25, 0.3) is 10.8 Å². The number of ketones is 1. The molecule has 0 bridgehead atoms. The van der Waals surface area contributed by atoms with Crippen molar-refractivity contribution in [3.05, 3.63) is 42.5 Å². The first kappa shape index (κ1) is 11.8. The molecule has 1 fully saturated rings. The number of hydrogen-bond donors (Lipinski definition) is 0. The maximum Gasteiger partial charge on any atom is 0.134 e. The normalized spacial score (nSPS) is 20.2. The predicted octanol–water partition coefficient (Wildman–Crippen LogP) is 4.44. The molecular formula is C16H16OS. The fourth-order valence-corrected chi connectivity index (χ4v) is 3.80. The van der Waals surface area contributed by atoms with Crippen LogP contribution >= 0.6 is 11.8 Å². The van der Waals surface area contributed by atoms with E-state index in [4.69, 9.17) is 0 Å². The Balaban J connectivity index is 1.79. The summed E-state index contributed by atoms with van der Waals surface area (Å²) in [5.41, 5.74) is 0. The average molecular weight is 256 g/mol. The minimum absolute atomic E-state index is 0.430. The Morgan fingerprint density at radius 2 is 1.89 bits per heavy atom. The highest BCUT2D eigenvalue weighted by Crippen LogP contribution is 2.33. The number of benzene rings is 2. The van der Waals surface area contributed by atoms with Crippen LogP contribution in [0.15, 0.2) is 47.4 Å². The molecular weight excluding hydrogens is 240 g/mol. The van der Waals surface area contributed by atoms with Crippen molar-refractivity contribution in [1.29, 1.82) is 0 Å². The second kappa shape index (κ2) is 5.15. The summed E-state index contributed by atoms with van der Waals surface area (Å²) in [7, 11) is 0. The molecule has 0 heterocycles. The molecule has 2 heteroatoms. The quantitative estimate of drug-likeness (QED) is 0.790. The van der Waals surface area contributed by atoms with Gasteiger partial charge in [0.15, 0.2) is 0 Å². The fourth-order valence-electron chi connectivity index (χ4n) is 2.52.